The van der Waals surface area contributed by atoms with Crippen LogP contribution in [0.3, 0.4) is 0 Å². The maximum absolute atomic E-state index is 13.0. The fraction of sp³-hybridized carbons (Fsp3) is 0.636. The lowest BCUT2D eigenvalue weighted by Crippen LogP contribution is -2.56. The first-order valence-corrected chi connectivity index (χ1v) is 10.3. The van der Waals surface area contributed by atoms with Gasteiger partial charge in [-0.3, -0.25) is 9.59 Å². The third-order valence-electron chi connectivity index (χ3n) is 6.10. The quantitative estimate of drug-likeness (QED) is 0.788. The smallest absolute Gasteiger partial charge is 0.237 e. The van der Waals surface area contributed by atoms with Gasteiger partial charge in [-0.25, -0.2) is 0 Å². The summed E-state index contributed by atoms with van der Waals surface area (Å²) in [5, 5.41) is 2.91. The van der Waals surface area contributed by atoms with Crippen LogP contribution >= 0.6 is 0 Å². The summed E-state index contributed by atoms with van der Waals surface area (Å²) in [4.78, 5) is 29.8. The van der Waals surface area contributed by atoms with Crippen LogP contribution in [0.4, 0.5) is 5.69 Å². The molecule has 3 rings (SSSR count). The van der Waals surface area contributed by atoms with E-state index in [4.69, 9.17) is 4.74 Å². The molecule has 2 fully saturated rings. The number of carbonyl (C=O) groups excluding carboxylic acids is 2. The SMILES string of the molecule is Cc1cccc(N2CCN(C(=O)C(C)(C)C(=O)NCC3CCCO3)CC2)c1C. The Labute approximate surface area is 168 Å². The predicted molar refractivity (Wildman–Crippen MR) is 110 cm³/mol. The minimum Gasteiger partial charge on any atom is -0.376 e. The van der Waals surface area contributed by atoms with Crippen LogP contribution < -0.4 is 10.2 Å². The van der Waals surface area contributed by atoms with Crippen molar-refractivity contribution in [1.82, 2.24) is 10.2 Å². The average Bonchev–Trinajstić information content (AvgIpc) is 3.21. The third kappa shape index (κ3) is 4.32. The van der Waals surface area contributed by atoms with Crippen molar-refractivity contribution in [3.8, 4) is 0 Å². The van der Waals surface area contributed by atoms with E-state index < -0.39 is 5.41 Å². The van der Waals surface area contributed by atoms with Crippen LogP contribution in [-0.4, -0.2) is 62.1 Å². The Balaban J connectivity index is 1.55. The van der Waals surface area contributed by atoms with Crippen molar-refractivity contribution in [2.75, 3.05) is 44.2 Å². The monoisotopic (exact) mass is 387 g/mol. The number of carbonyl (C=O) groups is 2. The van der Waals surface area contributed by atoms with Crippen LogP contribution in [0, 0.1) is 19.3 Å². The van der Waals surface area contributed by atoms with Crippen molar-refractivity contribution in [1.29, 1.82) is 0 Å². The zero-order valence-corrected chi connectivity index (χ0v) is 17.6. The van der Waals surface area contributed by atoms with E-state index in [-0.39, 0.29) is 17.9 Å². The van der Waals surface area contributed by atoms with Gasteiger partial charge >= 0.3 is 0 Å². The number of anilines is 1. The molecule has 0 radical (unpaired) electrons. The van der Waals surface area contributed by atoms with Crippen molar-refractivity contribution in [2.45, 2.75) is 46.6 Å². The Hall–Kier alpha value is -2.08. The second-order valence-corrected chi connectivity index (χ2v) is 8.47. The average molecular weight is 388 g/mol. The zero-order valence-electron chi connectivity index (χ0n) is 17.6. The summed E-state index contributed by atoms with van der Waals surface area (Å²) >= 11 is 0. The molecule has 28 heavy (non-hydrogen) atoms. The van der Waals surface area contributed by atoms with Gasteiger partial charge < -0.3 is 19.9 Å². The molecule has 2 aliphatic rings. The number of benzene rings is 1. The van der Waals surface area contributed by atoms with Gasteiger partial charge in [-0.15, -0.1) is 0 Å². The Morgan fingerprint density at radius 1 is 1.18 bits per heavy atom. The van der Waals surface area contributed by atoms with Gasteiger partial charge in [0.15, 0.2) is 0 Å². The van der Waals surface area contributed by atoms with Crippen molar-refractivity contribution in [3.05, 3.63) is 29.3 Å². The molecule has 1 unspecified atom stereocenters. The number of amides is 2. The maximum atomic E-state index is 13.0. The van der Waals surface area contributed by atoms with Gasteiger partial charge in [0.05, 0.1) is 6.10 Å². The minimum absolute atomic E-state index is 0.0796. The van der Waals surface area contributed by atoms with Gasteiger partial charge in [-0.1, -0.05) is 12.1 Å². The Bertz CT molecular complexity index is 718. The summed E-state index contributed by atoms with van der Waals surface area (Å²) in [6.07, 6.45) is 2.08. The lowest BCUT2D eigenvalue weighted by molar-refractivity contribution is -0.149. The van der Waals surface area contributed by atoms with Gasteiger partial charge in [-0.2, -0.15) is 0 Å². The first kappa shape index (κ1) is 20.6. The number of hydrogen-bond donors (Lipinski definition) is 1. The number of hydrogen-bond acceptors (Lipinski definition) is 4. The van der Waals surface area contributed by atoms with E-state index in [2.05, 4.69) is 42.3 Å². The summed E-state index contributed by atoms with van der Waals surface area (Å²) in [5.74, 6) is -0.317. The van der Waals surface area contributed by atoms with E-state index in [9.17, 15) is 9.59 Å². The number of piperazine rings is 1. The Morgan fingerprint density at radius 2 is 1.89 bits per heavy atom. The molecule has 6 heteroatoms. The van der Waals surface area contributed by atoms with Gasteiger partial charge in [-0.05, 0) is 57.7 Å². The highest BCUT2D eigenvalue weighted by atomic mass is 16.5. The highest BCUT2D eigenvalue weighted by Crippen LogP contribution is 2.26. The van der Waals surface area contributed by atoms with Crippen LogP contribution in [0.1, 0.15) is 37.8 Å². The molecular formula is C22H33N3O3. The van der Waals surface area contributed by atoms with E-state index in [1.165, 1.54) is 16.8 Å². The molecule has 2 aliphatic heterocycles. The van der Waals surface area contributed by atoms with E-state index in [1.54, 1.807) is 13.8 Å². The van der Waals surface area contributed by atoms with Crippen LogP contribution in [0.5, 0.6) is 0 Å². The first-order chi connectivity index (χ1) is 13.3. The van der Waals surface area contributed by atoms with Crippen LogP contribution in [0.2, 0.25) is 0 Å². The largest absolute Gasteiger partial charge is 0.376 e. The summed E-state index contributed by atoms with van der Waals surface area (Å²) in [5.41, 5.74) is 2.73. The molecule has 154 valence electrons. The van der Waals surface area contributed by atoms with Crippen LogP contribution in [0.25, 0.3) is 0 Å². The Kier molecular flexibility index (Phi) is 6.28. The molecule has 2 amide bonds. The normalized spacial score (nSPS) is 20.4. The fourth-order valence-corrected chi connectivity index (χ4v) is 3.95. The number of aryl methyl sites for hydroxylation is 1. The molecular weight excluding hydrogens is 354 g/mol. The summed E-state index contributed by atoms with van der Waals surface area (Å²) in [7, 11) is 0. The molecule has 1 aromatic carbocycles. The number of ether oxygens (including phenoxy) is 1. The number of rotatable bonds is 5. The first-order valence-electron chi connectivity index (χ1n) is 10.3. The molecule has 0 aromatic heterocycles. The van der Waals surface area contributed by atoms with Gasteiger partial charge in [0.25, 0.3) is 0 Å². The lowest BCUT2D eigenvalue weighted by atomic mass is 9.89. The second kappa shape index (κ2) is 8.52. The van der Waals surface area contributed by atoms with Crippen molar-refractivity contribution in [2.24, 2.45) is 5.41 Å². The summed E-state index contributed by atoms with van der Waals surface area (Å²) < 4.78 is 5.55. The topological polar surface area (TPSA) is 61.9 Å². The van der Waals surface area contributed by atoms with Gasteiger partial charge in [0, 0.05) is 45.0 Å². The minimum atomic E-state index is -1.07. The molecule has 2 heterocycles. The molecule has 6 nitrogen and oxygen atoms in total. The molecule has 1 N–H and O–H groups in total. The molecule has 0 spiro atoms. The number of nitrogens with one attached hydrogen (secondary N) is 1. The van der Waals surface area contributed by atoms with E-state index in [0.29, 0.717) is 19.6 Å². The van der Waals surface area contributed by atoms with Crippen molar-refractivity contribution >= 4 is 17.5 Å². The maximum Gasteiger partial charge on any atom is 0.237 e. The van der Waals surface area contributed by atoms with E-state index >= 15 is 0 Å². The Morgan fingerprint density at radius 3 is 2.54 bits per heavy atom. The zero-order chi connectivity index (χ0) is 20.3. The molecule has 0 aliphatic carbocycles. The molecule has 0 bridgehead atoms. The van der Waals surface area contributed by atoms with Crippen molar-refractivity contribution < 1.29 is 14.3 Å². The van der Waals surface area contributed by atoms with Crippen molar-refractivity contribution in [3.63, 3.8) is 0 Å². The van der Waals surface area contributed by atoms with Crippen LogP contribution in [0.15, 0.2) is 18.2 Å². The number of nitrogens with zero attached hydrogens (tertiary/aromatic N) is 2. The lowest BCUT2D eigenvalue weighted by Gasteiger charge is -2.39. The molecule has 1 atom stereocenters. The highest BCUT2D eigenvalue weighted by Gasteiger charge is 2.40. The summed E-state index contributed by atoms with van der Waals surface area (Å²) in [6.45, 7) is 11.8. The fourth-order valence-electron chi connectivity index (χ4n) is 3.95. The third-order valence-corrected chi connectivity index (χ3v) is 6.10. The van der Waals surface area contributed by atoms with E-state index in [1.807, 2.05) is 4.90 Å². The predicted octanol–water partition coefficient (Wildman–Crippen LogP) is 2.27. The highest BCUT2D eigenvalue weighted by molar-refractivity contribution is 6.04. The van der Waals surface area contributed by atoms with Crippen LogP contribution in [-0.2, 0) is 14.3 Å². The standard InChI is InChI=1S/C22H33N3O3/c1-16-7-5-9-19(17(16)2)24-10-12-25(13-11-24)21(27)22(3,4)20(26)23-15-18-8-6-14-28-18/h5,7,9,18H,6,8,10-15H2,1-4H3,(H,23,26). The molecule has 2 saturated heterocycles. The molecule has 0 saturated carbocycles. The van der Waals surface area contributed by atoms with E-state index in [0.717, 1.165) is 32.5 Å². The summed E-state index contributed by atoms with van der Waals surface area (Å²) in [6, 6.07) is 6.34. The second-order valence-electron chi connectivity index (χ2n) is 8.47. The van der Waals surface area contributed by atoms with Gasteiger partial charge in [0.2, 0.25) is 11.8 Å². The molecule has 1 aromatic rings. The van der Waals surface area contributed by atoms with Gasteiger partial charge in [0.1, 0.15) is 5.41 Å².